The van der Waals surface area contributed by atoms with Crippen molar-refractivity contribution in [3.63, 3.8) is 0 Å². The normalized spacial score (nSPS) is 10.9. The number of methoxy groups -OCH3 is 1. The molecule has 0 saturated carbocycles. The summed E-state index contributed by atoms with van der Waals surface area (Å²) >= 11 is 0. The molecule has 0 aromatic carbocycles. The van der Waals surface area contributed by atoms with Crippen molar-refractivity contribution in [2.24, 2.45) is 0 Å². The molecule has 0 radical (unpaired) electrons. The maximum absolute atomic E-state index is 5.02. The average molecular weight is 138 g/mol. The van der Waals surface area contributed by atoms with Gasteiger partial charge in [-0.1, -0.05) is 18.7 Å². The molecule has 0 aliphatic heterocycles. The molecule has 56 valence electrons. The van der Waals surface area contributed by atoms with Crippen LogP contribution >= 0.6 is 0 Å². The maximum Gasteiger partial charge on any atom is 0.121 e. The summed E-state index contributed by atoms with van der Waals surface area (Å²) in [7, 11) is 1.63. The summed E-state index contributed by atoms with van der Waals surface area (Å²) in [6.07, 6.45) is 1.86. The standard InChI is InChI=1S/C9H14O/c1-7(2)6-9(10-5)8(3)4/h6H,1,3H2,2,4-5H3/b9-6+. The Bertz CT molecular complexity index is 175. The summed E-state index contributed by atoms with van der Waals surface area (Å²) in [5.74, 6) is 0.799. The monoisotopic (exact) mass is 138 g/mol. The molecule has 1 heteroatoms. The number of ether oxygens (including phenoxy) is 1. The molecule has 0 N–H and O–H groups in total. The van der Waals surface area contributed by atoms with Gasteiger partial charge in [-0.05, 0) is 25.5 Å². The van der Waals surface area contributed by atoms with Gasteiger partial charge >= 0.3 is 0 Å². The lowest BCUT2D eigenvalue weighted by Gasteiger charge is -2.03. The summed E-state index contributed by atoms with van der Waals surface area (Å²) < 4.78 is 5.02. The van der Waals surface area contributed by atoms with E-state index in [1.165, 1.54) is 0 Å². The van der Waals surface area contributed by atoms with E-state index in [4.69, 9.17) is 4.74 Å². The van der Waals surface area contributed by atoms with Crippen molar-refractivity contribution >= 4 is 0 Å². The molecule has 0 spiro atoms. The minimum absolute atomic E-state index is 0.799. The Kier molecular flexibility index (Phi) is 3.55. The first-order valence-corrected chi connectivity index (χ1v) is 3.15. The van der Waals surface area contributed by atoms with Crippen LogP contribution < -0.4 is 0 Å². The van der Waals surface area contributed by atoms with Crippen LogP contribution in [0, 0.1) is 0 Å². The average Bonchev–Trinajstić information content (AvgIpc) is 1.81. The van der Waals surface area contributed by atoms with Crippen LogP contribution in [-0.2, 0) is 4.74 Å². The minimum Gasteiger partial charge on any atom is -0.497 e. The van der Waals surface area contributed by atoms with Crippen LogP contribution in [0.1, 0.15) is 13.8 Å². The van der Waals surface area contributed by atoms with Gasteiger partial charge in [0.15, 0.2) is 0 Å². The Balaban J connectivity index is 4.34. The van der Waals surface area contributed by atoms with Gasteiger partial charge in [0.05, 0.1) is 7.11 Å². The molecule has 0 aromatic heterocycles. The van der Waals surface area contributed by atoms with E-state index in [0.717, 1.165) is 16.9 Å². The molecule has 1 nitrogen and oxygen atoms in total. The Labute approximate surface area is 62.7 Å². The Morgan fingerprint density at radius 3 is 1.90 bits per heavy atom. The van der Waals surface area contributed by atoms with Crippen molar-refractivity contribution < 1.29 is 4.74 Å². The molecule has 0 aliphatic carbocycles. The van der Waals surface area contributed by atoms with Gasteiger partial charge < -0.3 is 4.74 Å². The Morgan fingerprint density at radius 2 is 1.80 bits per heavy atom. The molecule has 0 unspecified atom stereocenters. The number of hydrogen-bond acceptors (Lipinski definition) is 1. The van der Waals surface area contributed by atoms with Gasteiger partial charge in [-0.25, -0.2) is 0 Å². The highest BCUT2D eigenvalue weighted by molar-refractivity contribution is 5.27. The van der Waals surface area contributed by atoms with Crippen LogP contribution in [0.25, 0.3) is 0 Å². The lowest BCUT2D eigenvalue weighted by Crippen LogP contribution is -1.87. The molecule has 0 aliphatic rings. The molecule has 0 saturated heterocycles. The third-order valence-corrected chi connectivity index (χ3v) is 1.02. The quantitative estimate of drug-likeness (QED) is 0.430. The largest absolute Gasteiger partial charge is 0.497 e. The van der Waals surface area contributed by atoms with E-state index in [9.17, 15) is 0 Å². The summed E-state index contributed by atoms with van der Waals surface area (Å²) in [6.45, 7) is 11.3. The number of rotatable bonds is 3. The first kappa shape index (κ1) is 9.02. The first-order chi connectivity index (χ1) is 4.57. The van der Waals surface area contributed by atoms with Gasteiger partial charge in [0.1, 0.15) is 5.76 Å². The molecule has 0 rings (SSSR count). The van der Waals surface area contributed by atoms with Crippen molar-refractivity contribution in [1.82, 2.24) is 0 Å². The van der Waals surface area contributed by atoms with Crippen LogP contribution in [0.15, 0.2) is 36.1 Å². The molecule has 0 fully saturated rings. The Morgan fingerprint density at radius 1 is 1.30 bits per heavy atom. The zero-order valence-electron chi connectivity index (χ0n) is 6.90. The molecule has 0 heterocycles. The topological polar surface area (TPSA) is 9.23 Å². The van der Waals surface area contributed by atoms with E-state index in [-0.39, 0.29) is 0 Å². The zero-order valence-corrected chi connectivity index (χ0v) is 6.90. The molecule has 10 heavy (non-hydrogen) atoms. The molecule has 0 aromatic rings. The second-order valence-electron chi connectivity index (χ2n) is 2.34. The van der Waals surface area contributed by atoms with Crippen molar-refractivity contribution in [3.8, 4) is 0 Å². The highest BCUT2D eigenvalue weighted by Gasteiger charge is 1.94. The lowest BCUT2D eigenvalue weighted by atomic mass is 10.2. The second-order valence-corrected chi connectivity index (χ2v) is 2.34. The second kappa shape index (κ2) is 3.94. The molecular formula is C9H14O. The van der Waals surface area contributed by atoms with Crippen LogP contribution in [0.2, 0.25) is 0 Å². The molecule has 0 atom stereocenters. The fraction of sp³-hybridized carbons (Fsp3) is 0.333. The molecule has 0 bridgehead atoms. The van der Waals surface area contributed by atoms with E-state index in [1.807, 2.05) is 19.9 Å². The fourth-order valence-corrected chi connectivity index (χ4v) is 0.580. The minimum atomic E-state index is 0.799. The first-order valence-electron chi connectivity index (χ1n) is 3.15. The highest BCUT2D eigenvalue weighted by Crippen LogP contribution is 2.09. The number of allylic oxidation sites excluding steroid dienone is 3. The van der Waals surface area contributed by atoms with Crippen LogP contribution in [0.3, 0.4) is 0 Å². The third-order valence-electron chi connectivity index (χ3n) is 1.02. The van der Waals surface area contributed by atoms with E-state index >= 15 is 0 Å². The van der Waals surface area contributed by atoms with Crippen molar-refractivity contribution in [1.29, 1.82) is 0 Å². The van der Waals surface area contributed by atoms with Gasteiger partial charge in [0.2, 0.25) is 0 Å². The smallest absolute Gasteiger partial charge is 0.121 e. The van der Waals surface area contributed by atoms with Gasteiger partial charge in [0.25, 0.3) is 0 Å². The van der Waals surface area contributed by atoms with E-state index < -0.39 is 0 Å². The highest BCUT2D eigenvalue weighted by atomic mass is 16.5. The maximum atomic E-state index is 5.02. The SMILES string of the molecule is C=C(C)/C=C(/OC)C(=C)C. The van der Waals surface area contributed by atoms with Crippen LogP contribution in [-0.4, -0.2) is 7.11 Å². The van der Waals surface area contributed by atoms with E-state index in [0.29, 0.717) is 0 Å². The third kappa shape index (κ3) is 3.13. The van der Waals surface area contributed by atoms with E-state index in [2.05, 4.69) is 13.2 Å². The van der Waals surface area contributed by atoms with Gasteiger partial charge in [-0.2, -0.15) is 0 Å². The van der Waals surface area contributed by atoms with Crippen molar-refractivity contribution in [2.75, 3.05) is 7.11 Å². The summed E-state index contributed by atoms with van der Waals surface area (Å²) in [6, 6.07) is 0. The summed E-state index contributed by atoms with van der Waals surface area (Å²) in [4.78, 5) is 0. The van der Waals surface area contributed by atoms with Gasteiger partial charge in [-0.3, -0.25) is 0 Å². The number of hydrogen-bond donors (Lipinski definition) is 0. The van der Waals surface area contributed by atoms with Crippen molar-refractivity contribution in [2.45, 2.75) is 13.8 Å². The summed E-state index contributed by atoms with van der Waals surface area (Å²) in [5, 5.41) is 0. The molecule has 0 amide bonds. The predicted octanol–water partition coefficient (Wildman–Crippen LogP) is 2.67. The molecular weight excluding hydrogens is 124 g/mol. The Hall–Kier alpha value is -0.980. The van der Waals surface area contributed by atoms with Crippen LogP contribution in [0.4, 0.5) is 0 Å². The summed E-state index contributed by atoms with van der Waals surface area (Å²) in [5.41, 5.74) is 1.89. The van der Waals surface area contributed by atoms with Crippen LogP contribution in [0.5, 0.6) is 0 Å². The van der Waals surface area contributed by atoms with Crippen molar-refractivity contribution in [3.05, 3.63) is 36.1 Å². The fourth-order valence-electron chi connectivity index (χ4n) is 0.580. The van der Waals surface area contributed by atoms with E-state index in [1.54, 1.807) is 7.11 Å². The van der Waals surface area contributed by atoms with Gasteiger partial charge in [0, 0.05) is 0 Å². The predicted molar refractivity (Wildman–Crippen MR) is 44.7 cm³/mol. The zero-order chi connectivity index (χ0) is 8.15. The lowest BCUT2D eigenvalue weighted by molar-refractivity contribution is 0.301. The van der Waals surface area contributed by atoms with Gasteiger partial charge in [-0.15, -0.1) is 0 Å².